The number of nitrogens with zero attached hydrogens (tertiary/aromatic N) is 2. The monoisotopic (exact) mass is 300 g/mol. The van der Waals surface area contributed by atoms with E-state index >= 15 is 0 Å². The molecule has 0 fully saturated rings. The van der Waals surface area contributed by atoms with E-state index < -0.39 is 11.6 Å². The molecule has 0 spiro atoms. The Hall–Kier alpha value is -1.16. The van der Waals surface area contributed by atoms with Crippen LogP contribution in [0, 0.1) is 11.6 Å². The maximum atomic E-state index is 13.8. The quantitative estimate of drug-likeness (QED) is 0.698. The first-order chi connectivity index (χ1) is 9.58. The van der Waals surface area contributed by atoms with E-state index in [1.807, 2.05) is 4.57 Å². The highest BCUT2D eigenvalue weighted by molar-refractivity contribution is 6.17. The Morgan fingerprint density at radius 3 is 2.75 bits per heavy atom. The number of halogens is 3. The molecule has 20 heavy (non-hydrogen) atoms. The summed E-state index contributed by atoms with van der Waals surface area (Å²) in [5, 5.41) is 0. The lowest BCUT2D eigenvalue weighted by Crippen LogP contribution is -2.10. The second kappa shape index (κ2) is 6.53. The Morgan fingerprint density at radius 2 is 2.10 bits per heavy atom. The molecule has 2 aromatic rings. The van der Waals surface area contributed by atoms with Crippen LogP contribution in [0.15, 0.2) is 12.1 Å². The van der Waals surface area contributed by atoms with Gasteiger partial charge in [-0.25, -0.2) is 13.8 Å². The van der Waals surface area contributed by atoms with Crippen molar-refractivity contribution in [3.8, 4) is 0 Å². The van der Waals surface area contributed by atoms with Crippen LogP contribution in [0.2, 0.25) is 0 Å². The van der Waals surface area contributed by atoms with Crippen molar-refractivity contribution >= 4 is 22.6 Å². The van der Waals surface area contributed by atoms with Gasteiger partial charge in [-0.1, -0.05) is 19.8 Å². The average Bonchev–Trinajstić information content (AvgIpc) is 2.75. The van der Waals surface area contributed by atoms with Crippen molar-refractivity contribution in [2.75, 3.05) is 5.88 Å². The topological polar surface area (TPSA) is 17.8 Å². The van der Waals surface area contributed by atoms with Crippen LogP contribution in [0.4, 0.5) is 8.78 Å². The number of aryl methyl sites for hydroxylation is 1. The number of benzene rings is 1. The van der Waals surface area contributed by atoms with E-state index in [9.17, 15) is 8.78 Å². The minimum atomic E-state index is -0.614. The molecule has 0 amide bonds. The second-order valence-corrected chi connectivity index (χ2v) is 5.46. The van der Waals surface area contributed by atoms with Gasteiger partial charge in [0.2, 0.25) is 0 Å². The van der Waals surface area contributed by atoms with Gasteiger partial charge in [-0.2, -0.15) is 0 Å². The summed E-state index contributed by atoms with van der Waals surface area (Å²) < 4.78 is 29.3. The van der Waals surface area contributed by atoms with Crippen LogP contribution in [0.5, 0.6) is 0 Å². The van der Waals surface area contributed by atoms with Gasteiger partial charge in [0, 0.05) is 24.4 Å². The van der Waals surface area contributed by atoms with Gasteiger partial charge >= 0.3 is 0 Å². The van der Waals surface area contributed by atoms with Gasteiger partial charge in [0.1, 0.15) is 17.2 Å². The molecule has 2 rings (SSSR count). The molecule has 0 bridgehead atoms. The number of hydrogen-bond donors (Lipinski definition) is 0. The third kappa shape index (κ3) is 2.95. The van der Waals surface area contributed by atoms with Gasteiger partial charge < -0.3 is 4.57 Å². The Morgan fingerprint density at radius 1 is 1.35 bits per heavy atom. The number of hydrogen-bond acceptors (Lipinski definition) is 1. The van der Waals surface area contributed by atoms with Crippen molar-refractivity contribution in [3.05, 3.63) is 29.6 Å². The van der Waals surface area contributed by atoms with Gasteiger partial charge in [0.25, 0.3) is 0 Å². The summed E-state index contributed by atoms with van der Waals surface area (Å²) in [7, 11) is 0. The summed E-state index contributed by atoms with van der Waals surface area (Å²) in [6.07, 6.45) is 3.66. The summed E-state index contributed by atoms with van der Waals surface area (Å²) in [6.45, 7) is 4.18. The zero-order valence-electron chi connectivity index (χ0n) is 11.8. The largest absolute Gasteiger partial charge is 0.325 e. The molecule has 5 heteroatoms. The highest BCUT2D eigenvalue weighted by atomic mass is 35.5. The molecule has 1 aromatic carbocycles. The Kier molecular flexibility index (Phi) is 4.97. The van der Waals surface area contributed by atoms with E-state index in [4.69, 9.17) is 11.6 Å². The maximum absolute atomic E-state index is 13.8. The summed E-state index contributed by atoms with van der Waals surface area (Å²) in [6, 6.07) is 2.38. The first-order valence-corrected chi connectivity index (χ1v) is 7.53. The highest BCUT2D eigenvalue weighted by Gasteiger charge is 2.18. The Bertz CT molecular complexity index is 595. The average molecular weight is 301 g/mol. The molecule has 1 atom stereocenters. The van der Waals surface area contributed by atoms with Crippen molar-refractivity contribution < 1.29 is 8.78 Å². The van der Waals surface area contributed by atoms with Gasteiger partial charge in [-0.15, -0.1) is 11.6 Å². The van der Waals surface area contributed by atoms with Crippen LogP contribution < -0.4 is 0 Å². The lowest BCUT2D eigenvalue weighted by Gasteiger charge is -2.17. The molecule has 0 aliphatic heterocycles. The van der Waals surface area contributed by atoms with Crippen molar-refractivity contribution in [1.29, 1.82) is 0 Å². The van der Waals surface area contributed by atoms with E-state index in [1.54, 1.807) is 0 Å². The normalized spacial score (nSPS) is 13.1. The Balaban J connectivity index is 2.55. The van der Waals surface area contributed by atoms with Gasteiger partial charge in [0.15, 0.2) is 5.82 Å². The lowest BCUT2D eigenvalue weighted by molar-refractivity contribution is 0.481. The fourth-order valence-corrected chi connectivity index (χ4v) is 2.72. The van der Waals surface area contributed by atoms with Crippen molar-refractivity contribution in [1.82, 2.24) is 9.55 Å². The molecule has 1 unspecified atom stereocenters. The molecular formula is C15H19ClF2N2. The van der Waals surface area contributed by atoms with Crippen LogP contribution in [0.3, 0.4) is 0 Å². The van der Waals surface area contributed by atoms with E-state index in [0.29, 0.717) is 17.8 Å². The van der Waals surface area contributed by atoms with Crippen molar-refractivity contribution in [3.63, 3.8) is 0 Å². The zero-order valence-corrected chi connectivity index (χ0v) is 12.6. The molecule has 1 aromatic heterocycles. The first kappa shape index (κ1) is 15.2. The third-order valence-corrected chi connectivity index (χ3v) is 3.71. The van der Waals surface area contributed by atoms with E-state index in [1.165, 1.54) is 6.07 Å². The van der Waals surface area contributed by atoms with Crippen LogP contribution >= 0.6 is 11.6 Å². The van der Waals surface area contributed by atoms with Crippen LogP contribution in [0.25, 0.3) is 11.0 Å². The number of fused-ring (bicyclic) bond motifs is 1. The molecule has 0 aliphatic carbocycles. The molecule has 0 saturated carbocycles. The fourth-order valence-electron chi connectivity index (χ4n) is 2.55. The van der Waals surface area contributed by atoms with E-state index in [2.05, 4.69) is 18.8 Å². The molecule has 1 heterocycles. The van der Waals surface area contributed by atoms with Crippen LogP contribution in [-0.4, -0.2) is 15.4 Å². The third-order valence-electron chi connectivity index (χ3n) is 3.52. The van der Waals surface area contributed by atoms with Gasteiger partial charge in [-0.05, 0) is 19.4 Å². The summed E-state index contributed by atoms with van der Waals surface area (Å²) in [5.41, 5.74) is 0.751. The standard InChI is InChI=1S/C15H19ClF2N2/c1-3-4-5-10(2)20-13-9-11(17)8-12(18)15(13)19-14(20)6-7-16/h8-10H,3-7H2,1-2H3. The van der Waals surface area contributed by atoms with Crippen LogP contribution in [0.1, 0.15) is 45.0 Å². The SMILES string of the molecule is CCCCC(C)n1c(CCCl)nc2c(F)cc(F)cc21. The number of imidazole rings is 1. The van der Waals surface area contributed by atoms with Crippen molar-refractivity contribution in [2.45, 2.75) is 45.6 Å². The molecule has 0 aliphatic rings. The number of rotatable bonds is 6. The highest BCUT2D eigenvalue weighted by Crippen LogP contribution is 2.27. The number of unbranched alkanes of at least 4 members (excludes halogenated alkanes) is 1. The van der Waals surface area contributed by atoms with Gasteiger partial charge in [-0.3, -0.25) is 0 Å². The van der Waals surface area contributed by atoms with E-state index in [-0.39, 0.29) is 11.6 Å². The van der Waals surface area contributed by atoms with Crippen LogP contribution in [-0.2, 0) is 6.42 Å². The predicted molar refractivity (Wildman–Crippen MR) is 78.3 cm³/mol. The maximum Gasteiger partial charge on any atom is 0.153 e. The minimum absolute atomic E-state index is 0.152. The first-order valence-electron chi connectivity index (χ1n) is 7.00. The van der Waals surface area contributed by atoms with Crippen molar-refractivity contribution in [2.24, 2.45) is 0 Å². The van der Waals surface area contributed by atoms with Gasteiger partial charge in [0.05, 0.1) is 5.52 Å². The summed E-state index contributed by atoms with van der Waals surface area (Å²) in [5.74, 6) is -0.0508. The zero-order chi connectivity index (χ0) is 14.7. The number of aromatic nitrogens is 2. The predicted octanol–water partition coefficient (Wildman–Crippen LogP) is 4.85. The fraction of sp³-hybridized carbons (Fsp3) is 0.533. The lowest BCUT2D eigenvalue weighted by atomic mass is 10.1. The molecule has 2 nitrogen and oxygen atoms in total. The summed E-state index contributed by atoms with van der Waals surface area (Å²) >= 11 is 5.79. The molecule has 0 saturated heterocycles. The smallest absolute Gasteiger partial charge is 0.153 e. The van der Waals surface area contributed by atoms with E-state index in [0.717, 1.165) is 31.2 Å². The second-order valence-electron chi connectivity index (χ2n) is 5.08. The molecular weight excluding hydrogens is 282 g/mol. The number of alkyl halides is 1. The molecule has 110 valence electrons. The summed E-state index contributed by atoms with van der Waals surface area (Å²) in [4.78, 5) is 4.31. The minimum Gasteiger partial charge on any atom is -0.325 e. The molecule has 0 N–H and O–H groups in total. The molecule has 0 radical (unpaired) electrons. The Labute approximate surface area is 122 Å².